The van der Waals surface area contributed by atoms with E-state index in [2.05, 4.69) is 18.2 Å². The maximum absolute atomic E-state index is 5.44. The Morgan fingerprint density at radius 1 is 1.60 bits per heavy atom. The molecule has 3 heteroatoms. The number of nitrogens with zero attached hydrogens (tertiary/aromatic N) is 1. The zero-order chi connectivity index (χ0) is 7.56. The highest BCUT2D eigenvalue weighted by atomic mass is 32.2. The van der Waals surface area contributed by atoms with Crippen LogP contribution < -0.4 is 5.14 Å². The molecule has 60 valence electrons. The lowest BCUT2D eigenvalue weighted by atomic mass is 9.96. The SMILES string of the molecule is CC(C)C1CCN(SN)C1. The van der Waals surface area contributed by atoms with Crippen molar-refractivity contribution in [3.8, 4) is 0 Å². The standard InChI is InChI=1S/C7H16N2S/c1-6(2)7-3-4-9(5-7)10-8/h6-7H,3-5,8H2,1-2H3. The monoisotopic (exact) mass is 160 g/mol. The van der Waals surface area contributed by atoms with Gasteiger partial charge < -0.3 is 0 Å². The van der Waals surface area contributed by atoms with Gasteiger partial charge in [-0.05, 0) is 18.3 Å². The summed E-state index contributed by atoms with van der Waals surface area (Å²) in [5.74, 6) is 1.69. The molecule has 1 aliphatic heterocycles. The van der Waals surface area contributed by atoms with Crippen LogP contribution in [0.25, 0.3) is 0 Å². The molecule has 0 saturated carbocycles. The molecule has 0 spiro atoms. The predicted octanol–water partition coefficient (Wildman–Crippen LogP) is 1.49. The smallest absolute Gasteiger partial charge is 0.0133 e. The summed E-state index contributed by atoms with van der Waals surface area (Å²) in [5.41, 5.74) is 0. The van der Waals surface area contributed by atoms with Crippen molar-refractivity contribution in [1.29, 1.82) is 0 Å². The number of hydrogen-bond donors (Lipinski definition) is 1. The van der Waals surface area contributed by atoms with Gasteiger partial charge in [0.25, 0.3) is 0 Å². The molecule has 0 aromatic carbocycles. The average molecular weight is 160 g/mol. The molecule has 0 bridgehead atoms. The first-order chi connectivity index (χ1) is 4.74. The fourth-order valence-corrected chi connectivity index (χ4v) is 1.88. The lowest BCUT2D eigenvalue weighted by molar-refractivity contribution is 0.401. The minimum absolute atomic E-state index is 0.817. The topological polar surface area (TPSA) is 29.3 Å². The van der Waals surface area contributed by atoms with Gasteiger partial charge >= 0.3 is 0 Å². The maximum Gasteiger partial charge on any atom is 0.0133 e. The first-order valence-corrected chi connectivity index (χ1v) is 4.69. The molecular formula is C7H16N2S. The van der Waals surface area contributed by atoms with Crippen molar-refractivity contribution < 1.29 is 0 Å². The number of hydrogen-bond acceptors (Lipinski definition) is 3. The molecule has 0 radical (unpaired) electrons. The van der Waals surface area contributed by atoms with Gasteiger partial charge in [0.15, 0.2) is 0 Å². The first-order valence-electron chi connectivity index (χ1n) is 3.86. The molecule has 1 heterocycles. The highest BCUT2D eigenvalue weighted by molar-refractivity contribution is 7.94. The van der Waals surface area contributed by atoms with E-state index in [1.807, 2.05) is 0 Å². The van der Waals surface area contributed by atoms with E-state index in [1.54, 1.807) is 0 Å². The van der Waals surface area contributed by atoms with E-state index in [0.717, 1.165) is 11.8 Å². The third-order valence-corrected chi connectivity index (χ3v) is 2.91. The van der Waals surface area contributed by atoms with Gasteiger partial charge in [0, 0.05) is 25.2 Å². The van der Waals surface area contributed by atoms with Gasteiger partial charge in [-0.25, -0.2) is 4.31 Å². The van der Waals surface area contributed by atoms with Gasteiger partial charge in [0.05, 0.1) is 0 Å². The molecular weight excluding hydrogens is 144 g/mol. The summed E-state index contributed by atoms with van der Waals surface area (Å²) >= 11 is 1.39. The largest absolute Gasteiger partial charge is 0.264 e. The molecule has 0 aromatic rings. The molecule has 0 aliphatic carbocycles. The van der Waals surface area contributed by atoms with E-state index < -0.39 is 0 Å². The maximum atomic E-state index is 5.44. The molecule has 1 atom stereocenters. The van der Waals surface area contributed by atoms with Gasteiger partial charge in [-0.1, -0.05) is 13.8 Å². The van der Waals surface area contributed by atoms with Crippen LogP contribution in [0.2, 0.25) is 0 Å². The van der Waals surface area contributed by atoms with Gasteiger partial charge in [-0.15, -0.1) is 0 Å². The highest BCUT2D eigenvalue weighted by Gasteiger charge is 2.24. The Labute approximate surface area is 67.4 Å². The van der Waals surface area contributed by atoms with Gasteiger partial charge in [0.2, 0.25) is 0 Å². The van der Waals surface area contributed by atoms with Crippen molar-refractivity contribution in [2.45, 2.75) is 20.3 Å². The first kappa shape index (κ1) is 8.37. The predicted molar refractivity (Wildman–Crippen MR) is 46.3 cm³/mol. The van der Waals surface area contributed by atoms with Crippen LogP contribution in [0.3, 0.4) is 0 Å². The van der Waals surface area contributed by atoms with Crippen molar-refractivity contribution in [3.05, 3.63) is 0 Å². The molecule has 0 amide bonds. The van der Waals surface area contributed by atoms with E-state index in [4.69, 9.17) is 5.14 Å². The van der Waals surface area contributed by atoms with E-state index >= 15 is 0 Å². The third-order valence-electron chi connectivity index (χ3n) is 2.28. The molecule has 1 rings (SSSR count). The van der Waals surface area contributed by atoms with Gasteiger partial charge in [-0.2, -0.15) is 0 Å². The Kier molecular flexibility index (Phi) is 3.01. The molecule has 1 aliphatic rings. The number of rotatable bonds is 2. The zero-order valence-electron chi connectivity index (χ0n) is 6.71. The molecule has 2 N–H and O–H groups in total. The van der Waals surface area contributed by atoms with Crippen LogP contribution in [-0.2, 0) is 0 Å². The van der Waals surface area contributed by atoms with E-state index in [1.165, 1.54) is 31.6 Å². The average Bonchev–Trinajstić information content (AvgIpc) is 2.34. The summed E-state index contributed by atoms with van der Waals surface area (Å²) in [4.78, 5) is 0. The summed E-state index contributed by atoms with van der Waals surface area (Å²) < 4.78 is 2.24. The third kappa shape index (κ3) is 1.87. The lowest BCUT2D eigenvalue weighted by Gasteiger charge is -2.14. The van der Waals surface area contributed by atoms with Crippen LogP contribution in [0.5, 0.6) is 0 Å². The van der Waals surface area contributed by atoms with Crippen molar-refractivity contribution in [2.75, 3.05) is 13.1 Å². The van der Waals surface area contributed by atoms with E-state index in [9.17, 15) is 0 Å². The fraction of sp³-hybridized carbons (Fsp3) is 1.00. The molecule has 1 fully saturated rings. The van der Waals surface area contributed by atoms with Crippen molar-refractivity contribution in [1.82, 2.24) is 4.31 Å². The second kappa shape index (κ2) is 3.60. The van der Waals surface area contributed by atoms with Crippen LogP contribution in [0.1, 0.15) is 20.3 Å². The summed E-state index contributed by atoms with van der Waals surface area (Å²) in [5, 5.41) is 5.44. The molecule has 10 heavy (non-hydrogen) atoms. The van der Waals surface area contributed by atoms with Gasteiger partial charge in [-0.3, -0.25) is 5.14 Å². The Morgan fingerprint density at radius 3 is 2.60 bits per heavy atom. The van der Waals surface area contributed by atoms with Gasteiger partial charge in [0.1, 0.15) is 0 Å². The summed E-state index contributed by atoms with van der Waals surface area (Å²) in [6.45, 7) is 6.92. The van der Waals surface area contributed by atoms with E-state index in [-0.39, 0.29) is 0 Å². The van der Waals surface area contributed by atoms with Crippen LogP contribution in [-0.4, -0.2) is 17.4 Å². The second-order valence-corrected chi connectivity index (χ2v) is 4.01. The van der Waals surface area contributed by atoms with E-state index in [0.29, 0.717) is 0 Å². The normalized spacial score (nSPS) is 28.2. The molecule has 0 aromatic heterocycles. The molecule has 1 saturated heterocycles. The van der Waals surface area contributed by atoms with Crippen LogP contribution in [0.4, 0.5) is 0 Å². The lowest BCUT2D eigenvalue weighted by Crippen LogP contribution is -2.16. The minimum atomic E-state index is 0.817. The number of nitrogens with two attached hydrogens (primary N) is 1. The summed E-state index contributed by atoms with van der Waals surface area (Å²) in [7, 11) is 0. The Balaban J connectivity index is 2.28. The molecule has 2 nitrogen and oxygen atoms in total. The van der Waals surface area contributed by atoms with Crippen molar-refractivity contribution in [2.24, 2.45) is 17.0 Å². The van der Waals surface area contributed by atoms with Crippen molar-refractivity contribution >= 4 is 12.1 Å². The highest BCUT2D eigenvalue weighted by Crippen LogP contribution is 2.25. The Hall–Kier alpha value is 0.270. The summed E-state index contributed by atoms with van der Waals surface area (Å²) in [6, 6.07) is 0. The minimum Gasteiger partial charge on any atom is -0.264 e. The molecule has 1 unspecified atom stereocenters. The zero-order valence-corrected chi connectivity index (χ0v) is 7.53. The van der Waals surface area contributed by atoms with Crippen LogP contribution >= 0.6 is 12.1 Å². The fourth-order valence-electron chi connectivity index (χ4n) is 1.39. The Bertz CT molecular complexity index is 106. The van der Waals surface area contributed by atoms with Crippen LogP contribution in [0.15, 0.2) is 0 Å². The second-order valence-electron chi connectivity index (χ2n) is 3.29. The summed E-state index contributed by atoms with van der Waals surface area (Å²) in [6.07, 6.45) is 1.32. The van der Waals surface area contributed by atoms with Crippen LogP contribution in [0, 0.1) is 11.8 Å². The Morgan fingerprint density at radius 2 is 2.30 bits per heavy atom. The van der Waals surface area contributed by atoms with Crippen molar-refractivity contribution in [3.63, 3.8) is 0 Å². The quantitative estimate of drug-likeness (QED) is 0.620.